The number of nitrogens with two attached hydrogens (primary N) is 1. The Labute approximate surface area is 123 Å². The molecule has 0 unspecified atom stereocenters. The molecule has 0 saturated heterocycles. The monoisotopic (exact) mass is 288 g/mol. The molecular formula is C16H17ClN2O. The van der Waals surface area contributed by atoms with Crippen molar-refractivity contribution < 1.29 is 4.79 Å². The van der Waals surface area contributed by atoms with Crippen molar-refractivity contribution in [2.75, 3.05) is 5.32 Å². The number of hydrogen-bond acceptors (Lipinski definition) is 2. The summed E-state index contributed by atoms with van der Waals surface area (Å²) in [4.78, 5) is 12.1. The summed E-state index contributed by atoms with van der Waals surface area (Å²) in [6.07, 6.45) is 0.496. The van der Waals surface area contributed by atoms with Crippen LogP contribution < -0.4 is 11.1 Å². The Hall–Kier alpha value is -1.84. The van der Waals surface area contributed by atoms with Gasteiger partial charge >= 0.3 is 0 Å². The van der Waals surface area contributed by atoms with Crippen LogP contribution in [0.25, 0.3) is 0 Å². The van der Waals surface area contributed by atoms with Crippen LogP contribution in [0.3, 0.4) is 0 Å². The van der Waals surface area contributed by atoms with Crippen molar-refractivity contribution >= 4 is 23.2 Å². The summed E-state index contributed by atoms with van der Waals surface area (Å²) in [5, 5.41) is 3.29. The molecule has 0 aliphatic heterocycles. The second-order valence-electron chi connectivity index (χ2n) is 4.77. The van der Waals surface area contributed by atoms with Gasteiger partial charge in [-0.3, -0.25) is 4.79 Å². The zero-order chi connectivity index (χ0) is 14.5. The zero-order valence-corrected chi connectivity index (χ0v) is 12.0. The molecule has 3 N–H and O–H groups in total. The zero-order valence-electron chi connectivity index (χ0n) is 11.3. The number of amides is 1. The van der Waals surface area contributed by atoms with Gasteiger partial charge < -0.3 is 11.1 Å². The first kappa shape index (κ1) is 14.6. The molecule has 1 atom stereocenters. The van der Waals surface area contributed by atoms with E-state index in [2.05, 4.69) is 5.32 Å². The Morgan fingerprint density at radius 2 is 1.95 bits per heavy atom. The number of carbonyl (C=O) groups is 1. The molecule has 0 heterocycles. The molecule has 104 valence electrons. The van der Waals surface area contributed by atoms with Gasteiger partial charge in [0.05, 0.1) is 16.8 Å². The molecule has 0 fully saturated rings. The Balaban J connectivity index is 2.02. The van der Waals surface area contributed by atoms with E-state index < -0.39 is 6.04 Å². The van der Waals surface area contributed by atoms with E-state index in [0.29, 0.717) is 17.1 Å². The Morgan fingerprint density at radius 3 is 2.65 bits per heavy atom. The van der Waals surface area contributed by atoms with E-state index in [1.54, 1.807) is 6.07 Å². The van der Waals surface area contributed by atoms with Crippen LogP contribution in [0.5, 0.6) is 0 Å². The molecule has 20 heavy (non-hydrogen) atoms. The molecule has 0 aliphatic rings. The second kappa shape index (κ2) is 6.55. The third-order valence-electron chi connectivity index (χ3n) is 3.01. The van der Waals surface area contributed by atoms with Gasteiger partial charge in [0.1, 0.15) is 0 Å². The van der Waals surface area contributed by atoms with E-state index >= 15 is 0 Å². The maximum absolute atomic E-state index is 12.1. The van der Waals surface area contributed by atoms with Crippen LogP contribution in [0.2, 0.25) is 5.02 Å². The molecule has 1 amide bonds. The quantitative estimate of drug-likeness (QED) is 0.908. The average Bonchev–Trinajstić information content (AvgIpc) is 2.44. The van der Waals surface area contributed by atoms with Gasteiger partial charge in [-0.2, -0.15) is 0 Å². The lowest BCUT2D eigenvalue weighted by molar-refractivity contribution is -0.117. The third-order valence-corrected chi connectivity index (χ3v) is 3.34. The van der Waals surface area contributed by atoms with Crippen molar-refractivity contribution in [3.05, 3.63) is 64.7 Å². The predicted molar refractivity (Wildman–Crippen MR) is 82.9 cm³/mol. The van der Waals surface area contributed by atoms with Crippen molar-refractivity contribution in [1.82, 2.24) is 0 Å². The lowest BCUT2D eigenvalue weighted by atomic mass is 10.1. The maximum atomic E-state index is 12.1. The minimum absolute atomic E-state index is 0.235. The standard InChI is InChI=1S/C16H17ClN2O/c1-11-7-8-13(17)15(9-11)19-16(20)14(18)10-12-5-3-2-4-6-12/h2-9,14H,10,18H2,1H3,(H,19,20)/t14-/m1/s1. The van der Waals surface area contributed by atoms with E-state index in [4.69, 9.17) is 17.3 Å². The lowest BCUT2D eigenvalue weighted by Gasteiger charge is -2.13. The number of anilines is 1. The Morgan fingerprint density at radius 1 is 1.25 bits per heavy atom. The van der Waals surface area contributed by atoms with Gasteiger partial charge in [0.2, 0.25) is 5.91 Å². The van der Waals surface area contributed by atoms with Crippen molar-refractivity contribution in [2.24, 2.45) is 5.73 Å². The third kappa shape index (κ3) is 3.83. The number of hydrogen-bond donors (Lipinski definition) is 2. The van der Waals surface area contributed by atoms with Gasteiger partial charge in [0.15, 0.2) is 0 Å². The van der Waals surface area contributed by atoms with Crippen LogP contribution in [-0.2, 0) is 11.2 Å². The van der Waals surface area contributed by atoms with Gasteiger partial charge in [-0.05, 0) is 36.6 Å². The number of carbonyl (C=O) groups excluding carboxylic acids is 1. The second-order valence-corrected chi connectivity index (χ2v) is 5.18. The Kier molecular flexibility index (Phi) is 4.77. The van der Waals surface area contributed by atoms with Gasteiger partial charge in [-0.15, -0.1) is 0 Å². The fraction of sp³-hybridized carbons (Fsp3) is 0.188. The summed E-state index contributed by atoms with van der Waals surface area (Å²) in [6, 6.07) is 14.6. The number of halogens is 1. The minimum atomic E-state index is -0.603. The van der Waals surface area contributed by atoms with E-state index in [1.165, 1.54) is 0 Å². The number of nitrogens with one attached hydrogen (secondary N) is 1. The molecule has 3 nitrogen and oxygen atoms in total. The number of benzene rings is 2. The molecule has 0 aromatic heterocycles. The van der Waals surface area contributed by atoms with Gasteiger partial charge in [-0.25, -0.2) is 0 Å². The number of aryl methyl sites for hydroxylation is 1. The summed E-state index contributed by atoms with van der Waals surface area (Å²) in [7, 11) is 0. The SMILES string of the molecule is Cc1ccc(Cl)c(NC(=O)[C@H](N)Cc2ccccc2)c1. The van der Waals surface area contributed by atoms with Crippen molar-refractivity contribution in [2.45, 2.75) is 19.4 Å². The van der Waals surface area contributed by atoms with Crippen LogP contribution in [0.4, 0.5) is 5.69 Å². The first-order chi connectivity index (χ1) is 9.56. The highest BCUT2D eigenvalue weighted by molar-refractivity contribution is 6.33. The summed E-state index contributed by atoms with van der Waals surface area (Å²) >= 11 is 6.05. The normalized spacial score (nSPS) is 11.9. The smallest absolute Gasteiger partial charge is 0.241 e. The molecule has 0 aliphatic carbocycles. The van der Waals surface area contributed by atoms with Crippen molar-refractivity contribution in [1.29, 1.82) is 0 Å². The fourth-order valence-electron chi connectivity index (χ4n) is 1.92. The van der Waals surface area contributed by atoms with Gasteiger partial charge in [-0.1, -0.05) is 48.0 Å². The average molecular weight is 289 g/mol. The van der Waals surface area contributed by atoms with E-state index in [9.17, 15) is 4.79 Å². The molecule has 0 radical (unpaired) electrons. The van der Waals surface area contributed by atoms with Crippen LogP contribution in [0.15, 0.2) is 48.5 Å². The number of rotatable bonds is 4. The molecule has 0 spiro atoms. The highest BCUT2D eigenvalue weighted by Crippen LogP contribution is 2.22. The van der Waals surface area contributed by atoms with Crippen LogP contribution in [-0.4, -0.2) is 11.9 Å². The molecule has 0 bridgehead atoms. The van der Waals surface area contributed by atoms with Crippen molar-refractivity contribution in [3.63, 3.8) is 0 Å². The summed E-state index contributed by atoms with van der Waals surface area (Å²) in [6.45, 7) is 1.94. The predicted octanol–water partition coefficient (Wildman–Crippen LogP) is 3.16. The summed E-state index contributed by atoms with van der Waals surface area (Å²) < 4.78 is 0. The van der Waals surface area contributed by atoms with Crippen LogP contribution >= 0.6 is 11.6 Å². The largest absolute Gasteiger partial charge is 0.323 e. The minimum Gasteiger partial charge on any atom is -0.323 e. The topological polar surface area (TPSA) is 55.1 Å². The van der Waals surface area contributed by atoms with E-state index in [-0.39, 0.29) is 5.91 Å². The fourth-order valence-corrected chi connectivity index (χ4v) is 2.09. The molecule has 2 aromatic carbocycles. The first-order valence-corrected chi connectivity index (χ1v) is 6.80. The van der Waals surface area contributed by atoms with E-state index in [0.717, 1.165) is 11.1 Å². The van der Waals surface area contributed by atoms with E-state index in [1.807, 2.05) is 49.4 Å². The molecule has 2 aromatic rings. The lowest BCUT2D eigenvalue weighted by Crippen LogP contribution is -2.37. The van der Waals surface area contributed by atoms with Crippen molar-refractivity contribution in [3.8, 4) is 0 Å². The maximum Gasteiger partial charge on any atom is 0.241 e. The van der Waals surface area contributed by atoms with Crippen LogP contribution in [0.1, 0.15) is 11.1 Å². The van der Waals surface area contributed by atoms with Crippen LogP contribution in [0, 0.1) is 6.92 Å². The molecule has 2 rings (SSSR count). The van der Waals surface area contributed by atoms with Gasteiger partial charge in [0, 0.05) is 0 Å². The highest BCUT2D eigenvalue weighted by Gasteiger charge is 2.15. The Bertz CT molecular complexity index is 599. The molecular weight excluding hydrogens is 272 g/mol. The van der Waals surface area contributed by atoms with Gasteiger partial charge in [0.25, 0.3) is 0 Å². The summed E-state index contributed by atoms with van der Waals surface area (Å²) in [5.41, 5.74) is 8.59. The highest BCUT2D eigenvalue weighted by atomic mass is 35.5. The molecule has 0 saturated carbocycles. The first-order valence-electron chi connectivity index (χ1n) is 6.43. The summed E-state index contributed by atoms with van der Waals surface area (Å²) in [5.74, 6) is -0.235. The molecule has 4 heteroatoms.